The van der Waals surface area contributed by atoms with Crippen molar-refractivity contribution in [1.82, 2.24) is 20.0 Å². The number of H-pyrrole nitrogens is 1. The minimum absolute atomic E-state index is 0.223. The summed E-state index contributed by atoms with van der Waals surface area (Å²) in [5, 5.41) is 15.4. The fraction of sp³-hybridized carbons (Fsp3) is 0.0400. The number of rotatable bonds is 4. The molecule has 32 heavy (non-hydrogen) atoms. The zero-order chi connectivity index (χ0) is 22.1. The number of aromatic amines is 1. The average molecular weight is 421 g/mol. The Labute approximate surface area is 183 Å². The van der Waals surface area contributed by atoms with Crippen LogP contribution in [-0.4, -0.2) is 25.9 Å². The van der Waals surface area contributed by atoms with Gasteiger partial charge in [-0.15, -0.1) is 0 Å². The fourth-order valence-electron chi connectivity index (χ4n) is 3.71. The zero-order valence-corrected chi connectivity index (χ0v) is 17.2. The molecule has 2 aromatic heterocycles. The lowest BCUT2D eigenvalue weighted by Crippen LogP contribution is -2.13. The quantitative estimate of drug-likeness (QED) is 0.452. The second-order valence-corrected chi connectivity index (χ2v) is 7.37. The van der Waals surface area contributed by atoms with Crippen LogP contribution in [0.15, 0.2) is 89.9 Å². The van der Waals surface area contributed by atoms with Crippen molar-refractivity contribution in [1.29, 1.82) is 0 Å². The van der Waals surface area contributed by atoms with Crippen molar-refractivity contribution in [2.75, 3.05) is 5.32 Å². The maximum absolute atomic E-state index is 12.8. The molecule has 7 heteroatoms. The standard InChI is InChI=1S/C25H19N5O2/c1-16-22(15-26-30(16)19-7-3-2-4-8-19)24(31)27-18-13-11-17(12-14-18)23-20-9-5-6-10-21(20)25(32)29-28-23/h2-15H,1H3,(H,27,31)(H,29,32). The van der Waals surface area contributed by atoms with E-state index in [1.54, 1.807) is 16.9 Å². The van der Waals surface area contributed by atoms with Crippen LogP contribution in [0.2, 0.25) is 0 Å². The first kappa shape index (κ1) is 19.4. The number of amides is 1. The number of nitrogens with zero attached hydrogens (tertiary/aromatic N) is 3. The van der Waals surface area contributed by atoms with Crippen molar-refractivity contribution in [3.63, 3.8) is 0 Å². The van der Waals surface area contributed by atoms with E-state index in [9.17, 15) is 9.59 Å². The third-order valence-electron chi connectivity index (χ3n) is 5.37. The molecule has 2 N–H and O–H groups in total. The van der Waals surface area contributed by atoms with E-state index < -0.39 is 0 Å². The van der Waals surface area contributed by atoms with Crippen LogP contribution < -0.4 is 10.9 Å². The van der Waals surface area contributed by atoms with Crippen LogP contribution in [0.4, 0.5) is 5.69 Å². The lowest BCUT2D eigenvalue weighted by atomic mass is 10.0. The zero-order valence-electron chi connectivity index (χ0n) is 17.2. The molecule has 0 aliphatic carbocycles. The van der Waals surface area contributed by atoms with E-state index in [-0.39, 0.29) is 11.5 Å². The van der Waals surface area contributed by atoms with Gasteiger partial charge in [-0.25, -0.2) is 9.78 Å². The number of para-hydroxylation sites is 1. The SMILES string of the molecule is Cc1c(C(=O)Nc2ccc(-c3n[nH]c(=O)c4ccccc34)cc2)cnn1-c1ccccc1. The Morgan fingerprint density at radius 2 is 1.59 bits per heavy atom. The Hall–Kier alpha value is -4.52. The summed E-state index contributed by atoms with van der Waals surface area (Å²) in [6.45, 7) is 1.87. The van der Waals surface area contributed by atoms with Crippen molar-refractivity contribution in [2.45, 2.75) is 6.92 Å². The van der Waals surface area contributed by atoms with Gasteiger partial charge in [0.05, 0.1) is 34.2 Å². The summed E-state index contributed by atoms with van der Waals surface area (Å²) in [6.07, 6.45) is 1.57. The molecular formula is C25H19N5O2. The third kappa shape index (κ3) is 3.45. The smallest absolute Gasteiger partial charge is 0.272 e. The molecule has 0 saturated heterocycles. The highest BCUT2D eigenvalue weighted by molar-refractivity contribution is 6.05. The molecule has 0 aliphatic heterocycles. The van der Waals surface area contributed by atoms with Gasteiger partial charge < -0.3 is 5.32 Å². The molecule has 3 aromatic carbocycles. The lowest BCUT2D eigenvalue weighted by Gasteiger charge is -2.08. The van der Waals surface area contributed by atoms with Crippen LogP contribution in [0, 0.1) is 6.92 Å². The van der Waals surface area contributed by atoms with Crippen molar-refractivity contribution in [2.24, 2.45) is 0 Å². The maximum atomic E-state index is 12.8. The molecule has 0 atom stereocenters. The minimum Gasteiger partial charge on any atom is -0.322 e. The molecule has 7 nitrogen and oxygen atoms in total. The van der Waals surface area contributed by atoms with Crippen LogP contribution >= 0.6 is 0 Å². The maximum Gasteiger partial charge on any atom is 0.272 e. The Kier molecular flexibility index (Phi) is 4.84. The lowest BCUT2D eigenvalue weighted by molar-refractivity contribution is 0.102. The first-order valence-electron chi connectivity index (χ1n) is 10.1. The molecule has 0 radical (unpaired) electrons. The summed E-state index contributed by atoms with van der Waals surface area (Å²) in [6, 6.07) is 24.4. The number of hydrogen-bond donors (Lipinski definition) is 2. The molecule has 0 fully saturated rings. The number of aromatic nitrogens is 4. The van der Waals surface area contributed by atoms with Crippen molar-refractivity contribution in [3.8, 4) is 16.9 Å². The van der Waals surface area contributed by atoms with Crippen LogP contribution in [0.5, 0.6) is 0 Å². The summed E-state index contributed by atoms with van der Waals surface area (Å²) >= 11 is 0. The number of carbonyl (C=O) groups is 1. The summed E-state index contributed by atoms with van der Waals surface area (Å²) in [5.41, 5.74) is 4.11. The van der Waals surface area contributed by atoms with Gasteiger partial charge in [-0.3, -0.25) is 9.59 Å². The van der Waals surface area contributed by atoms with Crippen LogP contribution in [0.25, 0.3) is 27.7 Å². The highest BCUT2D eigenvalue weighted by atomic mass is 16.1. The molecule has 0 unspecified atom stereocenters. The van der Waals surface area contributed by atoms with Gasteiger partial charge in [0.15, 0.2) is 0 Å². The molecule has 5 rings (SSSR count). The molecule has 1 amide bonds. The second kappa shape index (κ2) is 7.96. The van der Waals surface area contributed by atoms with Gasteiger partial charge in [0.2, 0.25) is 0 Å². The van der Waals surface area contributed by atoms with Crippen molar-refractivity contribution >= 4 is 22.4 Å². The monoisotopic (exact) mass is 421 g/mol. The predicted octanol–water partition coefficient (Wildman–Crippen LogP) is 4.34. The topological polar surface area (TPSA) is 92.7 Å². The molecule has 2 heterocycles. The van der Waals surface area contributed by atoms with Crippen molar-refractivity contribution in [3.05, 3.63) is 107 Å². The average Bonchev–Trinajstić information content (AvgIpc) is 3.22. The summed E-state index contributed by atoms with van der Waals surface area (Å²) in [5.74, 6) is -0.231. The summed E-state index contributed by atoms with van der Waals surface area (Å²) < 4.78 is 1.74. The van der Waals surface area contributed by atoms with E-state index in [1.807, 2.05) is 79.7 Å². The van der Waals surface area contributed by atoms with Gasteiger partial charge in [-0.1, -0.05) is 48.5 Å². The Morgan fingerprint density at radius 1 is 0.906 bits per heavy atom. The summed E-state index contributed by atoms with van der Waals surface area (Å²) in [7, 11) is 0. The number of benzene rings is 3. The van der Waals surface area contributed by atoms with Gasteiger partial charge in [0.25, 0.3) is 11.5 Å². The molecule has 0 saturated carbocycles. The largest absolute Gasteiger partial charge is 0.322 e. The predicted molar refractivity (Wildman–Crippen MR) is 124 cm³/mol. The molecule has 5 aromatic rings. The van der Waals surface area contributed by atoms with Gasteiger partial charge in [-0.05, 0) is 37.3 Å². The molecule has 156 valence electrons. The number of fused-ring (bicyclic) bond motifs is 1. The number of anilines is 1. The Morgan fingerprint density at radius 3 is 2.34 bits per heavy atom. The van der Waals surface area contributed by atoms with Crippen molar-refractivity contribution < 1.29 is 4.79 Å². The number of nitrogens with one attached hydrogen (secondary N) is 2. The molecule has 0 spiro atoms. The number of hydrogen-bond acceptors (Lipinski definition) is 4. The van der Waals surface area contributed by atoms with E-state index in [1.165, 1.54) is 0 Å². The number of carbonyl (C=O) groups excluding carboxylic acids is 1. The van der Waals surface area contributed by atoms with E-state index in [0.29, 0.717) is 22.3 Å². The van der Waals surface area contributed by atoms with E-state index in [4.69, 9.17) is 0 Å². The summed E-state index contributed by atoms with van der Waals surface area (Å²) in [4.78, 5) is 24.9. The highest BCUT2D eigenvalue weighted by Gasteiger charge is 2.15. The normalized spacial score (nSPS) is 10.9. The first-order valence-corrected chi connectivity index (χ1v) is 10.1. The second-order valence-electron chi connectivity index (χ2n) is 7.37. The van der Waals surface area contributed by atoms with Crippen LogP contribution in [0.3, 0.4) is 0 Å². The highest BCUT2D eigenvalue weighted by Crippen LogP contribution is 2.25. The van der Waals surface area contributed by atoms with E-state index in [2.05, 4.69) is 20.6 Å². The van der Waals surface area contributed by atoms with Gasteiger partial charge >= 0.3 is 0 Å². The van der Waals surface area contributed by atoms with Gasteiger partial charge in [-0.2, -0.15) is 10.2 Å². The minimum atomic E-state index is -0.231. The third-order valence-corrected chi connectivity index (χ3v) is 5.37. The van der Waals surface area contributed by atoms with E-state index >= 15 is 0 Å². The van der Waals surface area contributed by atoms with Crippen LogP contribution in [0.1, 0.15) is 16.1 Å². The first-order chi connectivity index (χ1) is 15.6. The Bertz CT molecular complexity index is 1480. The van der Waals surface area contributed by atoms with Crippen LogP contribution in [-0.2, 0) is 0 Å². The molecular weight excluding hydrogens is 402 g/mol. The molecule has 0 bridgehead atoms. The fourth-order valence-corrected chi connectivity index (χ4v) is 3.71. The molecule has 0 aliphatic rings. The van der Waals surface area contributed by atoms with E-state index in [0.717, 1.165) is 22.3 Å². The Balaban J connectivity index is 1.39. The van der Waals surface area contributed by atoms with Gasteiger partial charge in [0.1, 0.15) is 0 Å². The van der Waals surface area contributed by atoms with Gasteiger partial charge in [0, 0.05) is 16.6 Å².